The van der Waals surface area contributed by atoms with Crippen LogP contribution in [-0.2, 0) is 14.6 Å². The molecule has 4 rings (SSSR count). The van der Waals surface area contributed by atoms with E-state index in [2.05, 4.69) is 26.3 Å². The summed E-state index contributed by atoms with van der Waals surface area (Å²) in [5, 5.41) is 7.43. The Morgan fingerprint density at radius 2 is 1.84 bits per heavy atom. The summed E-state index contributed by atoms with van der Waals surface area (Å²) in [5.41, 5.74) is 1.45. The molecular weight excluding hydrogens is 498 g/mol. The van der Waals surface area contributed by atoms with Gasteiger partial charge >= 0.3 is 0 Å². The average molecular weight is 520 g/mol. The Morgan fingerprint density at radius 1 is 1.16 bits per heavy atom. The van der Waals surface area contributed by atoms with E-state index in [-0.39, 0.29) is 30.1 Å². The van der Waals surface area contributed by atoms with Crippen molar-refractivity contribution in [3.63, 3.8) is 0 Å². The molecular formula is C22H22BrN3O5S. The van der Waals surface area contributed by atoms with Gasteiger partial charge in [-0.2, -0.15) is 5.10 Å². The van der Waals surface area contributed by atoms with Crippen molar-refractivity contribution >= 4 is 37.5 Å². The first-order valence-electron chi connectivity index (χ1n) is 9.95. The molecule has 1 aliphatic heterocycles. The standard InChI is InChI=1S/C22H22BrN3O5S/c1-30-18-6-2-15(3-7-18)20-12-21(26(25-20)17-10-11-32(28,29)14-17)24-22(27)13-31-19-8-4-16(23)5-9-19/h2-9,12,17H,10-11,13-14H2,1H3,(H,24,27)/t17-/m1/s1. The van der Waals surface area contributed by atoms with E-state index in [1.54, 1.807) is 30.0 Å². The molecule has 1 N–H and O–H groups in total. The minimum atomic E-state index is -3.12. The Hall–Kier alpha value is -2.85. The molecule has 0 radical (unpaired) electrons. The van der Waals surface area contributed by atoms with Crippen molar-refractivity contribution in [2.24, 2.45) is 0 Å². The smallest absolute Gasteiger partial charge is 0.263 e. The van der Waals surface area contributed by atoms with Crippen molar-refractivity contribution in [3.05, 3.63) is 59.1 Å². The van der Waals surface area contributed by atoms with E-state index in [4.69, 9.17) is 9.47 Å². The molecule has 1 atom stereocenters. The molecule has 2 heterocycles. The summed E-state index contributed by atoms with van der Waals surface area (Å²) in [7, 11) is -1.53. The minimum absolute atomic E-state index is 0.00496. The fourth-order valence-corrected chi connectivity index (χ4v) is 5.45. The van der Waals surface area contributed by atoms with Crippen LogP contribution in [0.1, 0.15) is 12.5 Å². The van der Waals surface area contributed by atoms with Crippen molar-refractivity contribution in [2.75, 3.05) is 30.5 Å². The molecule has 3 aromatic rings. The Labute approximate surface area is 194 Å². The second kappa shape index (κ2) is 9.33. The van der Waals surface area contributed by atoms with E-state index >= 15 is 0 Å². The molecule has 0 bridgehead atoms. The van der Waals surface area contributed by atoms with Gasteiger partial charge in [0.05, 0.1) is 30.4 Å². The number of hydrogen-bond donors (Lipinski definition) is 1. The highest BCUT2D eigenvalue weighted by Gasteiger charge is 2.31. The molecule has 8 nitrogen and oxygen atoms in total. The molecule has 10 heteroatoms. The fraction of sp³-hybridized carbons (Fsp3) is 0.273. The quantitative estimate of drug-likeness (QED) is 0.510. The predicted octanol–water partition coefficient (Wildman–Crippen LogP) is 3.70. The second-order valence-corrected chi connectivity index (χ2v) is 10.6. The van der Waals surface area contributed by atoms with Crippen LogP contribution in [-0.4, -0.2) is 49.3 Å². The minimum Gasteiger partial charge on any atom is -0.497 e. The Kier molecular flexibility index (Phi) is 6.52. The van der Waals surface area contributed by atoms with Crippen LogP contribution in [0.5, 0.6) is 11.5 Å². The maximum atomic E-state index is 12.6. The van der Waals surface area contributed by atoms with Gasteiger partial charge in [-0.25, -0.2) is 13.1 Å². The van der Waals surface area contributed by atoms with E-state index in [0.29, 0.717) is 29.4 Å². The first-order valence-corrected chi connectivity index (χ1v) is 12.6. The van der Waals surface area contributed by atoms with Gasteiger partial charge in [0.2, 0.25) is 0 Å². The van der Waals surface area contributed by atoms with Crippen LogP contribution < -0.4 is 14.8 Å². The van der Waals surface area contributed by atoms with Gasteiger partial charge in [-0.1, -0.05) is 15.9 Å². The molecule has 0 unspecified atom stereocenters. The second-order valence-electron chi connectivity index (χ2n) is 7.44. The van der Waals surface area contributed by atoms with Gasteiger partial charge in [0, 0.05) is 16.1 Å². The van der Waals surface area contributed by atoms with Gasteiger partial charge in [-0.05, 0) is 55.0 Å². The zero-order valence-electron chi connectivity index (χ0n) is 17.3. The molecule has 2 aromatic carbocycles. The maximum Gasteiger partial charge on any atom is 0.263 e. The predicted molar refractivity (Wildman–Crippen MR) is 125 cm³/mol. The molecule has 0 aliphatic carbocycles. The number of ether oxygens (including phenoxy) is 2. The fourth-order valence-electron chi connectivity index (χ4n) is 3.50. The number of nitrogens with zero attached hydrogens (tertiary/aromatic N) is 2. The highest BCUT2D eigenvalue weighted by molar-refractivity contribution is 9.10. The number of hydrogen-bond acceptors (Lipinski definition) is 6. The third kappa shape index (κ3) is 5.31. The summed E-state index contributed by atoms with van der Waals surface area (Å²) in [4.78, 5) is 12.6. The topological polar surface area (TPSA) is 99.5 Å². The first-order chi connectivity index (χ1) is 15.3. The van der Waals surface area contributed by atoms with E-state index in [1.807, 2.05) is 36.4 Å². The number of benzene rings is 2. The lowest BCUT2D eigenvalue weighted by atomic mass is 10.1. The number of amides is 1. The van der Waals surface area contributed by atoms with Crippen LogP contribution >= 0.6 is 15.9 Å². The Balaban J connectivity index is 1.55. The van der Waals surface area contributed by atoms with Crippen molar-refractivity contribution in [2.45, 2.75) is 12.5 Å². The lowest BCUT2D eigenvalue weighted by Gasteiger charge is -2.14. The summed E-state index contributed by atoms with van der Waals surface area (Å²) in [6.07, 6.45) is 0.449. The van der Waals surface area contributed by atoms with Crippen molar-refractivity contribution in [1.82, 2.24) is 9.78 Å². The van der Waals surface area contributed by atoms with Gasteiger partial charge in [0.1, 0.15) is 17.3 Å². The lowest BCUT2D eigenvalue weighted by Crippen LogP contribution is -2.23. The Morgan fingerprint density at radius 3 is 2.47 bits per heavy atom. The molecule has 1 saturated heterocycles. The molecule has 0 saturated carbocycles. The number of anilines is 1. The molecule has 32 heavy (non-hydrogen) atoms. The van der Waals surface area contributed by atoms with Crippen LogP contribution in [0.25, 0.3) is 11.3 Å². The van der Waals surface area contributed by atoms with E-state index in [9.17, 15) is 13.2 Å². The third-order valence-electron chi connectivity index (χ3n) is 5.13. The highest BCUT2D eigenvalue weighted by Crippen LogP contribution is 2.31. The molecule has 168 valence electrons. The van der Waals surface area contributed by atoms with E-state index in [0.717, 1.165) is 10.0 Å². The number of sulfone groups is 1. The lowest BCUT2D eigenvalue weighted by molar-refractivity contribution is -0.118. The van der Waals surface area contributed by atoms with E-state index < -0.39 is 9.84 Å². The molecule has 1 fully saturated rings. The number of carbonyl (C=O) groups excluding carboxylic acids is 1. The molecule has 0 spiro atoms. The van der Waals surface area contributed by atoms with Gasteiger partial charge in [0.25, 0.3) is 5.91 Å². The number of halogens is 1. The largest absolute Gasteiger partial charge is 0.497 e. The summed E-state index contributed by atoms with van der Waals surface area (Å²) in [6, 6.07) is 15.9. The number of methoxy groups -OCH3 is 1. The summed E-state index contributed by atoms with van der Waals surface area (Å²) in [5.74, 6) is 1.45. The number of aromatic nitrogens is 2. The van der Waals surface area contributed by atoms with Crippen LogP contribution in [0.2, 0.25) is 0 Å². The zero-order valence-corrected chi connectivity index (χ0v) is 19.7. The number of nitrogens with one attached hydrogen (secondary N) is 1. The number of carbonyl (C=O) groups is 1. The van der Waals surface area contributed by atoms with Gasteiger partial charge in [0.15, 0.2) is 16.4 Å². The van der Waals surface area contributed by atoms with Crippen LogP contribution in [0.3, 0.4) is 0 Å². The molecule has 1 aromatic heterocycles. The SMILES string of the molecule is COc1ccc(-c2cc(NC(=O)COc3ccc(Br)cc3)n([C@@H]3CCS(=O)(=O)C3)n2)cc1. The Bertz CT molecular complexity index is 1210. The van der Waals surface area contributed by atoms with Crippen molar-refractivity contribution in [1.29, 1.82) is 0 Å². The third-order valence-corrected chi connectivity index (χ3v) is 7.41. The summed E-state index contributed by atoms with van der Waals surface area (Å²) >= 11 is 3.35. The van der Waals surface area contributed by atoms with Crippen LogP contribution in [0.15, 0.2) is 59.1 Å². The monoisotopic (exact) mass is 519 g/mol. The summed E-state index contributed by atoms with van der Waals surface area (Å²) in [6.45, 7) is -0.187. The first kappa shape index (κ1) is 22.3. The van der Waals surface area contributed by atoms with Crippen LogP contribution in [0.4, 0.5) is 5.82 Å². The maximum absolute atomic E-state index is 12.6. The zero-order chi connectivity index (χ0) is 22.7. The highest BCUT2D eigenvalue weighted by atomic mass is 79.9. The van der Waals surface area contributed by atoms with E-state index in [1.165, 1.54) is 0 Å². The normalized spacial score (nSPS) is 17.1. The van der Waals surface area contributed by atoms with Gasteiger partial charge in [-0.3, -0.25) is 4.79 Å². The molecule has 1 aliphatic rings. The van der Waals surface area contributed by atoms with Gasteiger partial charge < -0.3 is 14.8 Å². The van der Waals surface area contributed by atoms with Crippen molar-refractivity contribution in [3.8, 4) is 22.8 Å². The summed E-state index contributed by atoms with van der Waals surface area (Å²) < 4.78 is 37.3. The van der Waals surface area contributed by atoms with Crippen LogP contribution in [0, 0.1) is 0 Å². The molecule has 1 amide bonds. The van der Waals surface area contributed by atoms with Crippen molar-refractivity contribution < 1.29 is 22.7 Å². The van der Waals surface area contributed by atoms with Gasteiger partial charge in [-0.15, -0.1) is 0 Å². The number of rotatable bonds is 7. The average Bonchev–Trinajstić information content (AvgIpc) is 3.36.